The first-order chi connectivity index (χ1) is 12.6. The fraction of sp³-hybridized carbons (Fsp3) is 0.476. The standard InChI is InChI=1S/C21H26N4O/c1-15-3-5-16(6-4-15)7-8-18(26)25-12-2-10-21(14-25)11-9-17-13-23-20(22)24-19(17)21/h3-6,13H,2,7-12,14H2,1H3,(H2,22,23,24). The molecule has 1 aliphatic carbocycles. The van der Waals surface area contributed by atoms with Crippen molar-refractivity contribution in [3.63, 3.8) is 0 Å². The summed E-state index contributed by atoms with van der Waals surface area (Å²) in [6, 6.07) is 8.45. The van der Waals surface area contributed by atoms with Crippen LogP contribution in [0, 0.1) is 6.92 Å². The first-order valence-corrected chi connectivity index (χ1v) is 9.51. The molecule has 2 aromatic rings. The van der Waals surface area contributed by atoms with Crippen LogP contribution >= 0.6 is 0 Å². The van der Waals surface area contributed by atoms with E-state index in [0.29, 0.717) is 12.4 Å². The minimum absolute atomic E-state index is 0.0236. The monoisotopic (exact) mass is 350 g/mol. The van der Waals surface area contributed by atoms with Gasteiger partial charge in [0.1, 0.15) is 0 Å². The predicted molar refractivity (Wildman–Crippen MR) is 102 cm³/mol. The van der Waals surface area contributed by atoms with Gasteiger partial charge in [-0.25, -0.2) is 9.97 Å². The lowest BCUT2D eigenvalue weighted by molar-refractivity contribution is -0.133. The highest BCUT2D eigenvalue weighted by Crippen LogP contribution is 2.44. The van der Waals surface area contributed by atoms with E-state index in [-0.39, 0.29) is 11.3 Å². The molecule has 1 spiro atoms. The van der Waals surface area contributed by atoms with Crippen LogP contribution in [0.15, 0.2) is 30.5 Å². The third-order valence-corrected chi connectivity index (χ3v) is 5.94. The number of nitrogens with zero attached hydrogens (tertiary/aromatic N) is 3. The van der Waals surface area contributed by atoms with Gasteiger partial charge in [0.15, 0.2) is 0 Å². The first kappa shape index (κ1) is 17.0. The van der Waals surface area contributed by atoms with Crippen molar-refractivity contribution in [1.82, 2.24) is 14.9 Å². The van der Waals surface area contributed by atoms with Gasteiger partial charge < -0.3 is 10.6 Å². The molecule has 0 saturated carbocycles. The Labute approximate surface area is 154 Å². The van der Waals surface area contributed by atoms with Gasteiger partial charge in [0.25, 0.3) is 0 Å². The van der Waals surface area contributed by atoms with Crippen LogP contribution in [0.3, 0.4) is 0 Å². The van der Waals surface area contributed by atoms with Crippen molar-refractivity contribution >= 4 is 11.9 Å². The minimum Gasteiger partial charge on any atom is -0.368 e. The molecule has 1 aromatic heterocycles. The van der Waals surface area contributed by atoms with Gasteiger partial charge in [0.05, 0.1) is 5.69 Å². The number of benzene rings is 1. The molecule has 2 heterocycles. The maximum absolute atomic E-state index is 12.8. The van der Waals surface area contributed by atoms with E-state index in [4.69, 9.17) is 5.73 Å². The Bertz CT molecular complexity index is 813. The molecule has 1 saturated heterocycles. The van der Waals surface area contributed by atoms with Crippen molar-refractivity contribution in [3.8, 4) is 0 Å². The highest BCUT2D eigenvalue weighted by atomic mass is 16.2. The zero-order chi connectivity index (χ0) is 18.1. The molecule has 1 amide bonds. The topological polar surface area (TPSA) is 72.1 Å². The van der Waals surface area contributed by atoms with Gasteiger partial charge in [0, 0.05) is 31.1 Å². The van der Waals surface area contributed by atoms with Crippen molar-refractivity contribution in [2.45, 2.75) is 50.9 Å². The normalized spacial score (nSPS) is 21.8. The third kappa shape index (κ3) is 3.18. The van der Waals surface area contributed by atoms with Gasteiger partial charge in [0.2, 0.25) is 11.9 Å². The molecule has 0 bridgehead atoms. The Morgan fingerprint density at radius 3 is 2.88 bits per heavy atom. The van der Waals surface area contributed by atoms with E-state index in [1.54, 1.807) is 0 Å². The van der Waals surface area contributed by atoms with Crippen molar-refractivity contribution in [2.75, 3.05) is 18.8 Å². The maximum Gasteiger partial charge on any atom is 0.222 e. The molecule has 1 aliphatic heterocycles. The summed E-state index contributed by atoms with van der Waals surface area (Å²) >= 11 is 0. The molecule has 136 valence electrons. The van der Waals surface area contributed by atoms with Gasteiger partial charge >= 0.3 is 0 Å². The summed E-state index contributed by atoms with van der Waals surface area (Å²) in [4.78, 5) is 23.6. The van der Waals surface area contributed by atoms with Gasteiger partial charge in [-0.3, -0.25) is 4.79 Å². The summed E-state index contributed by atoms with van der Waals surface area (Å²) in [7, 11) is 0. The van der Waals surface area contributed by atoms with Crippen LogP contribution in [0.1, 0.15) is 48.1 Å². The summed E-state index contributed by atoms with van der Waals surface area (Å²) in [5.41, 5.74) is 10.6. The molecular formula is C21H26N4O. The van der Waals surface area contributed by atoms with E-state index in [2.05, 4.69) is 41.2 Å². The number of hydrogen-bond donors (Lipinski definition) is 1. The molecule has 5 heteroatoms. The Kier molecular flexibility index (Phi) is 4.39. The molecular weight excluding hydrogens is 324 g/mol. The SMILES string of the molecule is Cc1ccc(CCC(=O)N2CCCC3(CCc4cnc(N)nc43)C2)cc1. The quantitative estimate of drug-likeness (QED) is 0.924. The number of amides is 1. The van der Waals surface area contributed by atoms with Crippen molar-refractivity contribution in [1.29, 1.82) is 0 Å². The predicted octanol–water partition coefficient (Wildman–Crippen LogP) is 2.81. The van der Waals surface area contributed by atoms with Crippen LogP contribution in [0.5, 0.6) is 0 Å². The fourth-order valence-corrected chi connectivity index (χ4v) is 4.46. The number of nitrogen functional groups attached to an aromatic ring is 1. The van der Waals surface area contributed by atoms with E-state index >= 15 is 0 Å². The van der Waals surface area contributed by atoms with Crippen LogP contribution in [0.2, 0.25) is 0 Å². The molecule has 2 N–H and O–H groups in total. The molecule has 2 aliphatic rings. The molecule has 5 nitrogen and oxygen atoms in total. The third-order valence-electron chi connectivity index (χ3n) is 5.94. The van der Waals surface area contributed by atoms with Crippen molar-refractivity contribution in [2.24, 2.45) is 0 Å². The van der Waals surface area contributed by atoms with E-state index in [9.17, 15) is 4.79 Å². The molecule has 4 rings (SSSR count). The summed E-state index contributed by atoms with van der Waals surface area (Å²) in [6.45, 7) is 3.70. The smallest absolute Gasteiger partial charge is 0.222 e. The molecule has 0 radical (unpaired) electrons. The highest BCUT2D eigenvalue weighted by molar-refractivity contribution is 5.76. The minimum atomic E-state index is -0.0236. The summed E-state index contributed by atoms with van der Waals surface area (Å²) < 4.78 is 0. The number of carbonyl (C=O) groups excluding carboxylic acids is 1. The lowest BCUT2D eigenvalue weighted by atomic mass is 9.77. The van der Waals surface area contributed by atoms with Crippen LogP contribution in [-0.2, 0) is 23.1 Å². The van der Waals surface area contributed by atoms with E-state index < -0.39 is 0 Å². The summed E-state index contributed by atoms with van der Waals surface area (Å²) in [5.74, 6) is 0.591. The second-order valence-electron chi connectivity index (χ2n) is 7.79. The van der Waals surface area contributed by atoms with Crippen LogP contribution in [0.4, 0.5) is 5.95 Å². The number of aromatic nitrogens is 2. The number of fused-ring (bicyclic) bond motifs is 2. The average Bonchev–Trinajstić information content (AvgIpc) is 2.98. The number of carbonyl (C=O) groups is 1. The molecule has 1 aromatic carbocycles. The summed E-state index contributed by atoms with van der Waals surface area (Å²) in [6.07, 6.45) is 7.37. The first-order valence-electron chi connectivity index (χ1n) is 9.51. The van der Waals surface area contributed by atoms with Crippen molar-refractivity contribution < 1.29 is 4.79 Å². The largest absolute Gasteiger partial charge is 0.368 e. The van der Waals surface area contributed by atoms with E-state index in [0.717, 1.165) is 50.9 Å². The van der Waals surface area contributed by atoms with Gasteiger partial charge in [-0.1, -0.05) is 29.8 Å². The maximum atomic E-state index is 12.8. The lowest BCUT2D eigenvalue weighted by Gasteiger charge is -2.40. The number of rotatable bonds is 3. The van der Waals surface area contributed by atoms with Crippen LogP contribution in [0.25, 0.3) is 0 Å². The second kappa shape index (κ2) is 6.71. The Morgan fingerprint density at radius 1 is 1.27 bits per heavy atom. The molecule has 1 unspecified atom stereocenters. The van der Waals surface area contributed by atoms with Crippen molar-refractivity contribution in [3.05, 3.63) is 52.8 Å². The number of aryl methyl sites for hydroxylation is 3. The Balaban J connectivity index is 1.45. The Morgan fingerprint density at radius 2 is 2.08 bits per heavy atom. The number of hydrogen-bond acceptors (Lipinski definition) is 4. The highest BCUT2D eigenvalue weighted by Gasteiger charge is 2.44. The lowest BCUT2D eigenvalue weighted by Crippen LogP contribution is -2.48. The number of likely N-dealkylation sites (tertiary alicyclic amines) is 1. The Hall–Kier alpha value is -2.43. The van der Waals surface area contributed by atoms with Crippen LogP contribution in [-0.4, -0.2) is 33.9 Å². The molecule has 1 fully saturated rings. The zero-order valence-corrected chi connectivity index (χ0v) is 15.4. The number of piperidine rings is 1. The molecule has 1 atom stereocenters. The fourth-order valence-electron chi connectivity index (χ4n) is 4.46. The number of anilines is 1. The second-order valence-corrected chi connectivity index (χ2v) is 7.79. The van der Waals surface area contributed by atoms with Gasteiger partial charge in [-0.2, -0.15) is 0 Å². The van der Waals surface area contributed by atoms with Gasteiger partial charge in [-0.05, 0) is 50.2 Å². The molecule has 26 heavy (non-hydrogen) atoms. The zero-order valence-electron chi connectivity index (χ0n) is 15.4. The summed E-state index contributed by atoms with van der Waals surface area (Å²) in [5, 5.41) is 0. The van der Waals surface area contributed by atoms with E-state index in [1.165, 1.54) is 16.7 Å². The van der Waals surface area contributed by atoms with Crippen LogP contribution < -0.4 is 5.73 Å². The van der Waals surface area contributed by atoms with E-state index in [1.807, 2.05) is 11.1 Å². The average molecular weight is 350 g/mol. The van der Waals surface area contributed by atoms with Gasteiger partial charge in [-0.15, -0.1) is 0 Å². The number of nitrogens with two attached hydrogens (primary N) is 1.